The minimum atomic E-state index is -0.959. The SMILES string of the molecule is CC(C)(O)C(C)(C)O[B]c1ccc2c(c1)c1ccccc1n2-c1ccc2ccccc2c1. The van der Waals surface area contributed by atoms with Crippen molar-refractivity contribution in [2.24, 2.45) is 0 Å². The molecule has 0 aliphatic carbocycles. The van der Waals surface area contributed by atoms with E-state index in [-0.39, 0.29) is 0 Å². The molecule has 1 radical (unpaired) electrons. The Hall–Kier alpha value is -3.08. The third kappa shape index (κ3) is 3.50. The van der Waals surface area contributed by atoms with Crippen molar-refractivity contribution in [3.05, 3.63) is 84.9 Å². The normalized spacial score (nSPS) is 12.7. The first kappa shape index (κ1) is 20.8. The first-order chi connectivity index (χ1) is 15.2. The third-order valence-electron chi connectivity index (χ3n) is 6.65. The first-order valence-electron chi connectivity index (χ1n) is 11.0. The molecule has 159 valence electrons. The van der Waals surface area contributed by atoms with Crippen molar-refractivity contribution in [3.63, 3.8) is 0 Å². The van der Waals surface area contributed by atoms with Gasteiger partial charge in [0, 0.05) is 16.5 Å². The second-order valence-electron chi connectivity index (χ2n) is 9.47. The Kier molecular flexibility index (Phi) is 4.88. The Balaban J connectivity index is 1.63. The van der Waals surface area contributed by atoms with Crippen molar-refractivity contribution < 1.29 is 9.76 Å². The number of para-hydroxylation sites is 1. The lowest BCUT2D eigenvalue weighted by Gasteiger charge is -2.37. The van der Waals surface area contributed by atoms with Crippen molar-refractivity contribution in [2.45, 2.75) is 38.9 Å². The van der Waals surface area contributed by atoms with Crippen LogP contribution in [0.25, 0.3) is 38.3 Å². The zero-order chi connectivity index (χ0) is 22.5. The van der Waals surface area contributed by atoms with E-state index >= 15 is 0 Å². The number of rotatable bonds is 5. The van der Waals surface area contributed by atoms with Crippen LogP contribution in [0, 0.1) is 0 Å². The van der Waals surface area contributed by atoms with E-state index in [1.807, 2.05) is 13.8 Å². The van der Waals surface area contributed by atoms with Gasteiger partial charge in [-0.3, -0.25) is 0 Å². The molecule has 4 heteroatoms. The van der Waals surface area contributed by atoms with Gasteiger partial charge in [0.2, 0.25) is 0 Å². The standard InChI is InChI=1S/C28H27BNO2/c1-27(2,31)28(3,4)32-29-21-14-16-26-24(18-21)23-11-7-8-12-25(23)30(26)22-15-13-19-9-5-6-10-20(19)17-22/h5-18,31H,1-4H3. The molecule has 0 bridgehead atoms. The highest BCUT2D eigenvalue weighted by Gasteiger charge is 2.35. The maximum absolute atomic E-state index is 10.4. The van der Waals surface area contributed by atoms with Gasteiger partial charge in [-0.15, -0.1) is 0 Å². The molecule has 0 aliphatic heterocycles. The van der Waals surface area contributed by atoms with Gasteiger partial charge in [-0.1, -0.05) is 66.1 Å². The van der Waals surface area contributed by atoms with E-state index in [1.165, 1.54) is 27.1 Å². The van der Waals surface area contributed by atoms with Crippen LogP contribution >= 0.6 is 0 Å². The van der Waals surface area contributed by atoms with Crippen LogP contribution in [0.2, 0.25) is 0 Å². The quantitative estimate of drug-likeness (QED) is 0.368. The number of nitrogens with zero attached hydrogens (tertiary/aromatic N) is 1. The van der Waals surface area contributed by atoms with E-state index in [0.29, 0.717) is 0 Å². The summed E-state index contributed by atoms with van der Waals surface area (Å²) in [5, 5.41) is 15.2. The fourth-order valence-corrected chi connectivity index (χ4v) is 4.02. The highest BCUT2D eigenvalue weighted by molar-refractivity contribution is 6.47. The molecule has 0 saturated heterocycles. The number of aliphatic hydroxyl groups is 1. The largest absolute Gasteiger partial charge is 0.427 e. The lowest BCUT2D eigenvalue weighted by atomic mass is 9.82. The fourth-order valence-electron chi connectivity index (χ4n) is 4.02. The summed E-state index contributed by atoms with van der Waals surface area (Å²) >= 11 is 0. The third-order valence-corrected chi connectivity index (χ3v) is 6.65. The van der Waals surface area contributed by atoms with E-state index < -0.39 is 11.2 Å². The van der Waals surface area contributed by atoms with Gasteiger partial charge in [-0.2, -0.15) is 0 Å². The molecule has 5 rings (SSSR count). The molecule has 1 heterocycles. The molecule has 3 nitrogen and oxygen atoms in total. The van der Waals surface area contributed by atoms with E-state index in [0.717, 1.165) is 16.7 Å². The molecular formula is C28H27BNO2. The van der Waals surface area contributed by atoms with E-state index in [2.05, 4.69) is 89.5 Å². The van der Waals surface area contributed by atoms with Gasteiger partial charge >= 0.3 is 7.48 Å². The summed E-state index contributed by atoms with van der Waals surface area (Å²) < 4.78 is 8.32. The highest BCUT2D eigenvalue weighted by Crippen LogP contribution is 2.32. The van der Waals surface area contributed by atoms with E-state index in [9.17, 15) is 5.11 Å². The molecule has 0 unspecified atom stereocenters. The lowest BCUT2D eigenvalue weighted by molar-refractivity contribution is -0.0893. The average Bonchev–Trinajstić information content (AvgIpc) is 3.10. The molecular weight excluding hydrogens is 393 g/mol. The summed E-state index contributed by atoms with van der Waals surface area (Å²) in [5.74, 6) is 0. The van der Waals surface area contributed by atoms with Crippen LogP contribution in [0.15, 0.2) is 84.9 Å². The summed E-state index contributed by atoms with van der Waals surface area (Å²) in [6.45, 7) is 7.32. The molecule has 32 heavy (non-hydrogen) atoms. The molecule has 0 amide bonds. The molecule has 0 spiro atoms. The minimum Gasteiger partial charge on any atom is -0.427 e. The van der Waals surface area contributed by atoms with Gasteiger partial charge in [0.05, 0.1) is 22.2 Å². The number of hydrogen-bond donors (Lipinski definition) is 1. The van der Waals surface area contributed by atoms with Crippen molar-refractivity contribution >= 4 is 45.5 Å². The first-order valence-corrected chi connectivity index (χ1v) is 11.0. The van der Waals surface area contributed by atoms with Gasteiger partial charge in [0.1, 0.15) is 0 Å². The second kappa shape index (κ2) is 7.51. The number of hydrogen-bond acceptors (Lipinski definition) is 2. The monoisotopic (exact) mass is 420 g/mol. The van der Waals surface area contributed by atoms with Gasteiger partial charge in [0.25, 0.3) is 0 Å². The van der Waals surface area contributed by atoms with Crippen LogP contribution in [0.4, 0.5) is 0 Å². The fraction of sp³-hybridized carbons (Fsp3) is 0.214. The minimum absolute atomic E-state index is 0.707. The van der Waals surface area contributed by atoms with Crippen LogP contribution in [-0.2, 0) is 4.65 Å². The Bertz CT molecular complexity index is 1440. The molecule has 0 aliphatic rings. The molecule has 0 saturated carbocycles. The van der Waals surface area contributed by atoms with Crippen LogP contribution in [-0.4, -0.2) is 28.4 Å². The Morgan fingerprint density at radius 2 is 1.41 bits per heavy atom. The Morgan fingerprint density at radius 3 is 2.19 bits per heavy atom. The van der Waals surface area contributed by atoms with Crippen LogP contribution < -0.4 is 5.46 Å². The Labute approximate surface area is 189 Å². The highest BCUT2D eigenvalue weighted by atomic mass is 16.5. The molecule has 1 N–H and O–H groups in total. The number of benzene rings is 4. The smallest absolute Gasteiger partial charge is 0.330 e. The van der Waals surface area contributed by atoms with Crippen LogP contribution in [0.3, 0.4) is 0 Å². The van der Waals surface area contributed by atoms with Gasteiger partial charge in [-0.05, 0) is 62.7 Å². The summed E-state index contributed by atoms with van der Waals surface area (Å²) in [5.41, 5.74) is 2.77. The molecule has 1 aromatic heterocycles. The zero-order valence-electron chi connectivity index (χ0n) is 19.0. The lowest BCUT2D eigenvalue weighted by Crippen LogP contribution is -2.49. The van der Waals surface area contributed by atoms with Crippen LogP contribution in [0.5, 0.6) is 0 Å². The van der Waals surface area contributed by atoms with E-state index in [4.69, 9.17) is 4.65 Å². The molecule has 0 fully saturated rings. The summed E-state index contributed by atoms with van der Waals surface area (Å²) in [6.07, 6.45) is 0. The maximum atomic E-state index is 10.4. The van der Waals surface area contributed by atoms with Gasteiger partial charge < -0.3 is 14.3 Å². The maximum Gasteiger partial charge on any atom is 0.330 e. The summed E-state index contributed by atoms with van der Waals surface area (Å²) in [4.78, 5) is 0. The second-order valence-corrected chi connectivity index (χ2v) is 9.47. The predicted molar refractivity (Wildman–Crippen MR) is 135 cm³/mol. The summed E-state index contributed by atoms with van der Waals surface area (Å²) in [7, 11) is 1.75. The van der Waals surface area contributed by atoms with Crippen LogP contribution in [0.1, 0.15) is 27.7 Å². The van der Waals surface area contributed by atoms with Crippen molar-refractivity contribution in [1.82, 2.24) is 4.57 Å². The molecule has 0 atom stereocenters. The van der Waals surface area contributed by atoms with Gasteiger partial charge in [-0.25, -0.2) is 0 Å². The van der Waals surface area contributed by atoms with Gasteiger partial charge in [0.15, 0.2) is 0 Å². The molecule has 5 aromatic rings. The van der Waals surface area contributed by atoms with Crippen molar-refractivity contribution in [2.75, 3.05) is 0 Å². The topological polar surface area (TPSA) is 34.4 Å². The van der Waals surface area contributed by atoms with E-state index in [1.54, 1.807) is 21.3 Å². The summed E-state index contributed by atoms with van der Waals surface area (Å²) in [6, 6.07) is 29.9. The zero-order valence-corrected chi connectivity index (χ0v) is 19.0. The van der Waals surface area contributed by atoms with Crippen molar-refractivity contribution in [1.29, 1.82) is 0 Å². The Morgan fingerprint density at radius 1 is 0.719 bits per heavy atom. The number of fused-ring (bicyclic) bond motifs is 4. The average molecular weight is 420 g/mol. The number of aromatic nitrogens is 1. The van der Waals surface area contributed by atoms with Crippen molar-refractivity contribution in [3.8, 4) is 5.69 Å². The molecule has 4 aromatic carbocycles. The predicted octanol–water partition coefficient (Wildman–Crippen LogP) is 5.75.